The zero-order valence-electron chi connectivity index (χ0n) is 7.19. The van der Waals surface area contributed by atoms with Gasteiger partial charge in [-0.1, -0.05) is 15.9 Å². The van der Waals surface area contributed by atoms with Gasteiger partial charge in [0.2, 0.25) is 0 Å². The van der Waals surface area contributed by atoms with Crippen LogP contribution in [0.3, 0.4) is 0 Å². The number of rotatable bonds is 1. The zero-order valence-corrected chi connectivity index (χ0v) is 8.77. The van der Waals surface area contributed by atoms with E-state index < -0.39 is 0 Å². The molecule has 0 amide bonds. The lowest BCUT2D eigenvalue weighted by atomic mass is 10.0. The standard InChI is InChI=1S/C10H10BrN/c1-7-3-9(6-12)4-10(5-11)8(7)2/h3-4H,5H2,1-2H3. The summed E-state index contributed by atoms with van der Waals surface area (Å²) in [5.41, 5.74) is 4.40. The average Bonchev–Trinajstić information content (AvgIpc) is 2.09. The van der Waals surface area contributed by atoms with Gasteiger partial charge in [-0.2, -0.15) is 5.26 Å². The Hall–Kier alpha value is -0.810. The van der Waals surface area contributed by atoms with Gasteiger partial charge in [0.15, 0.2) is 0 Å². The van der Waals surface area contributed by atoms with E-state index in [0.717, 1.165) is 10.9 Å². The first kappa shape index (κ1) is 9.28. The minimum absolute atomic E-state index is 0.743. The molecule has 0 aliphatic heterocycles. The van der Waals surface area contributed by atoms with Gasteiger partial charge in [0.05, 0.1) is 11.6 Å². The molecule has 1 rings (SSSR count). The molecule has 0 aliphatic carbocycles. The Morgan fingerprint density at radius 3 is 2.58 bits per heavy atom. The highest BCUT2D eigenvalue weighted by Crippen LogP contribution is 2.18. The number of aryl methyl sites for hydroxylation is 1. The summed E-state index contributed by atoms with van der Waals surface area (Å²) >= 11 is 3.40. The predicted octanol–water partition coefficient (Wildman–Crippen LogP) is 3.07. The average molecular weight is 224 g/mol. The predicted molar refractivity (Wildman–Crippen MR) is 53.3 cm³/mol. The lowest BCUT2D eigenvalue weighted by Crippen LogP contribution is -1.90. The van der Waals surface area contributed by atoms with Gasteiger partial charge >= 0.3 is 0 Å². The van der Waals surface area contributed by atoms with E-state index in [-0.39, 0.29) is 0 Å². The summed E-state index contributed by atoms with van der Waals surface area (Å²) < 4.78 is 0. The quantitative estimate of drug-likeness (QED) is 0.672. The molecular weight excluding hydrogens is 214 g/mol. The van der Waals surface area contributed by atoms with E-state index >= 15 is 0 Å². The smallest absolute Gasteiger partial charge is 0.0991 e. The molecular formula is C10H10BrN. The molecule has 0 N–H and O–H groups in total. The number of hydrogen-bond acceptors (Lipinski definition) is 1. The fraction of sp³-hybridized carbons (Fsp3) is 0.300. The summed E-state index contributed by atoms with van der Waals surface area (Å²) in [6.07, 6.45) is 0. The zero-order chi connectivity index (χ0) is 9.14. The summed E-state index contributed by atoms with van der Waals surface area (Å²) in [5.74, 6) is 0. The lowest BCUT2D eigenvalue weighted by Gasteiger charge is -2.05. The van der Waals surface area contributed by atoms with Crippen LogP contribution in [0.4, 0.5) is 0 Å². The van der Waals surface area contributed by atoms with Gasteiger partial charge in [-0.05, 0) is 42.7 Å². The van der Waals surface area contributed by atoms with Crippen molar-refractivity contribution in [2.24, 2.45) is 0 Å². The second kappa shape index (κ2) is 3.73. The lowest BCUT2D eigenvalue weighted by molar-refractivity contribution is 1.24. The van der Waals surface area contributed by atoms with Crippen molar-refractivity contribution in [3.63, 3.8) is 0 Å². The fourth-order valence-corrected chi connectivity index (χ4v) is 1.72. The highest BCUT2D eigenvalue weighted by molar-refractivity contribution is 9.08. The summed E-state index contributed by atoms with van der Waals surface area (Å²) in [7, 11) is 0. The molecule has 0 aliphatic rings. The van der Waals surface area contributed by atoms with E-state index in [1.165, 1.54) is 16.7 Å². The molecule has 0 radical (unpaired) electrons. The van der Waals surface area contributed by atoms with Crippen molar-refractivity contribution in [3.8, 4) is 6.07 Å². The Balaban J connectivity index is 3.31. The first-order valence-electron chi connectivity index (χ1n) is 3.75. The Morgan fingerprint density at radius 1 is 1.42 bits per heavy atom. The van der Waals surface area contributed by atoms with Crippen LogP contribution < -0.4 is 0 Å². The summed E-state index contributed by atoms with van der Waals surface area (Å²) in [4.78, 5) is 0. The normalized spacial score (nSPS) is 9.50. The summed E-state index contributed by atoms with van der Waals surface area (Å²) in [6, 6.07) is 5.99. The fourth-order valence-electron chi connectivity index (χ4n) is 1.14. The second-order valence-corrected chi connectivity index (χ2v) is 3.38. The molecule has 0 heterocycles. The second-order valence-electron chi connectivity index (χ2n) is 2.82. The van der Waals surface area contributed by atoms with Gasteiger partial charge in [-0.25, -0.2) is 0 Å². The molecule has 2 heteroatoms. The third-order valence-electron chi connectivity index (χ3n) is 2.05. The van der Waals surface area contributed by atoms with Gasteiger partial charge in [0.25, 0.3) is 0 Å². The van der Waals surface area contributed by atoms with Crippen LogP contribution in [0.25, 0.3) is 0 Å². The molecule has 0 spiro atoms. The Kier molecular flexibility index (Phi) is 2.88. The number of benzene rings is 1. The van der Waals surface area contributed by atoms with Crippen LogP contribution in [0.2, 0.25) is 0 Å². The topological polar surface area (TPSA) is 23.8 Å². The van der Waals surface area contributed by atoms with Crippen LogP contribution in [0.15, 0.2) is 12.1 Å². The molecule has 0 unspecified atom stereocenters. The Morgan fingerprint density at radius 2 is 2.08 bits per heavy atom. The third-order valence-corrected chi connectivity index (χ3v) is 2.65. The number of alkyl halides is 1. The molecule has 0 bridgehead atoms. The highest BCUT2D eigenvalue weighted by atomic mass is 79.9. The largest absolute Gasteiger partial charge is 0.192 e. The molecule has 0 aromatic heterocycles. The summed E-state index contributed by atoms with van der Waals surface area (Å²) in [6.45, 7) is 4.11. The molecule has 0 saturated heterocycles. The van der Waals surface area contributed by atoms with E-state index in [4.69, 9.17) is 5.26 Å². The van der Waals surface area contributed by atoms with Gasteiger partial charge in [-0.15, -0.1) is 0 Å². The van der Waals surface area contributed by atoms with E-state index in [1.807, 2.05) is 19.1 Å². The third kappa shape index (κ3) is 1.67. The van der Waals surface area contributed by atoms with Crippen LogP contribution in [0.5, 0.6) is 0 Å². The Labute approximate surface area is 81.2 Å². The first-order chi connectivity index (χ1) is 5.69. The SMILES string of the molecule is Cc1cc(C#N)cc(CBr)c1C. The van der Waals surface area contributed by atoms with Crippen molar-refractivity contribution in [3.05, 3.63) is 34.4 Å². The van der Waals surface area contributed by atoms with Crippen molar-refractivity contribution in [1.82, 2.24) is 0 Å². The van der Waals surface area contributed by atoms with Gasteiger partial charge < -0.3 is 0 Å². The molecule has 1 aromatic rings. The van der Waals surface area contributed by atoms with Crippen LogP contribution in [0.1, 0.15) is 22.3 Å². The van der Waals surface area contributed by atoms with Gasteiger partial charge in [-0.3, -0.25) is 0 Å². The van der Waals surface area contributed by atoms with Crippen LogP contribution >= 0.6 is 15.9 Å². The first-order valence-corrected chi connectivity index (χ1v) is 4.87. The van der Waals surface area contributed by atoms with Gasteiger partial charge in [0, 0.05) is 5.33 Å². The number of hydrogen-bond donors (Lipinski definition) is 0. The maximum atomic E-state index is 8.71. The number of halogens is 1. The molecule has 1 nitrogen and oxygen atoms in total. The molecule has 1 aromatic carbocycles. The number of nitriles is 1. The molecule has 0 saturated carbocycles. The molecule has 12 heavy (non-hydrogen) atoms. The Bertz CT molecular complexity index is 336. The van der Waals surface area contributed by atoms with Crippen molar-refractivity contribution in [2.75, 3.05) is 0 Å². The van der Waals surface area contributed by atoms with E-state index in [0.29, 0.717) is 0 Å². The van der Waals surface area contributed by atoms with Crippen LogP contribution in [0, 0.1) is 25.2 Å². The van der Waals surface area contributed by atoms with Gasteiger partial charge in [0.1, 0.15) is 0 Å². The van der Waals surface area contributed by atoms with E-state index in [9.17, 15) is 0 Å². The molecule has 0 atom stereocenters. The van der Waals surface area contributed by atoms with Crippen LogP contribution in [-0.4, -0.2) is 0 Å². The van der Waals surface area contributed by atoms with E-state index in [2.05, 4.69) is 28.9 Å². The van der Waals surface area contributed by atoms with Crippen molar-refractivity contribution >= 4 is 15.9 Å². The maximum absolute atomic E-state index is 8.71. The molecule has 0 fully saturated rings. The van der Waals surface area contributed by atoms with E-state index in [1.54, 1.807) is 0 Å². The number of nitrogens with zero attached hydrogens (tertiary/aromatic N) is 1. The molecule has 62 valence electrons. The minimum atomic E-state index is 0.743. The van der Waals surface area contributed by atoms with Crippen molar-refractivity contribution in [2.45, 2.75) is 19.2 Å². The minimum Gasteiger partial charge on any atom is -0.192 e. The van der Waals surface area contributed by atoms with Crippen LogP contribution in [-0.2, 0) is 5.33 Å². The summed E-state index contributed by atoms with van der Waals surface area (Å²) in [5, 5.41) is 9.52. The highest BCUT2D eigenvalue weighted by Gasteiger charge is 2.02. The van der Waals surface area contributed by atoms with Crippen molar-refractivity contribution in [1.29, 1.82) is 5.26 Å². The monoisotopic (exact) mass is 223 g/mol. The van der Waals surface area contributed by atoms with Crippen molar-refractivity contribution < 1.29 is 0 Å². The maximum Gasteiger partial charge on any atom is 0.0991 e.